The van der Waals surface area contributed by atoms with E-state index in [1.165, 1.54) is 0 Å². The normalized spacial score (nSPS) is 7.85. The minimum absolute atomic E-state index is 1.04. The van der Waals surface area contributed by atoms with Gasteiger partial charge >= 0.3 is 0 Å². The Kier molecular flexibility index (Phi) is 3.64. The summed E-state index contributed by atoms with van der Waals surface area (Å²) in [7, 11) is 0. The SMILES string of the molecule is CC(C)=C=CC#Cc1ccccc1. The van der Waals surface area contributed by atoms with E-state index in [9.17, 15) is 0 Å². The molecule has 1 aromatic rings. The maximum atomic E-state index is 3.03. The Hall–Kier alpha value is -1.70. The van der Waals surface area contributed by atoms with Crippen LogP contribution in [-0.2, 0) is 0 Å². The maximum Gasteiger partial charge on any atom is 0.0305 e. The van der Waals surface area contributed by atoms with Gasteiger partial charge in [-0.15, -0.1) is 5.73 Å². The number of allylic oxidation sites excluding steroid dienone is 1. The Morgan fingerprint density at radius 2 is 1.85 bits per heavy atom. The lowest BCUT2D eigenvalue weighted by Crippen LogP contribution is -1.68. The minimum atomic E-state index is 1.04. The quantitative estimate of drug-likeness (QED) is 0.412. The van der Waals surface area contributed by atoms with Gasteiger partial charge in [0.05, 0.1) is 0 Å². The van der Waals surface area contributed by atoms with E-state index >= 15 is 0 Å². The van der Waals surface area contributed by atoms with E-state index in [0.717, 1.165) is 11.1 Å². The molecule has 0 nitrogen and oxygen atoms in total. The molecule has 13 heavy (non-hydrogen) atoms. The second-order valence-corrected chi connectivity index (χ2v) is 2.92. The van der Waals surface area contributed by atoms with Crippen LogP contribution in [0.2, 0.25) is 0 Å². The highest BCUT2D eigenvalue weighted by Gasteiger charge is 1.78. The first-order valence-corrected chi connectivity index (χ1v) is 4.24. The van der Waals surface area contributed by atoms with Crippen LogP contribution in [0.1, 0.15) is 19.4 Å². The molecule has 0 aliphatic heterocycles. The Bertz CT molecular complexity index is 375. The lowest BCUT2D eigenvalue weighted by Gasteiger charge is -1.83. The minimum Gasteiger partial charge on any atom is -0.113 e. The van der Waals surface area contributed by atoms with E-state index in [-0.39, 0.29) is 0 Å². The van der Waals surface area contributed by atoms with Crippen molar-refractivity contribution in [2.75, 3.05) is 0 Å². The number of benzene rings is 1. The molecule has 0 bridgehead atoms. The van der Waals surface area contributed by atoms with Gasteiger partial charge in [-0.05, 0) is 31.6 Å². The molecule has 0 heteroatoms. The molecule has 0 aromatic heterocycles. The zero-order chi connectivity index (χ0) is 9.52. The summed E-state index contributed by atoms with van der Waals surface area (Å²) in [6.07, 6.45) is 1.75. The van der Waals surface area contributed by atoms with Crippen molar-refractivity contribution in [1.82, 2.24) is 0 Å². The maximum absolute atomic E-state index is 3.03. The Morgan fingerprint density at radius 1 is 1.15 bits per heavy atom. The van der Waals surface area contributed by atoms with Crippen molar-refractivity contribution in [3.8, 4) is 11.8 Å². The fourth-order valence-corrected chi connectivity index (χ4v) is 0.821. The molecule has 0 saturated carbocycles. The largest absolute Gasteiger partial charge is 0.113 e. The Labute approximate surface area is 79.6 Å². The second-order valence-electron chi connectivity index (χ2n) is 2.92. The molecule has 1 aromatic carbocycles. The van der Waals surface area contributed by atoms with Gasteiger partial charge in [-0.25, -0.2) is 0 Å². The van der Waals surface area contributed by atoms with Crippen LogP contribution in [-0.4, -0.2) is 0 Å². The number of hydrogen-bond donors (Lipinski definition) is 0. The van der Waals surface area contributed by atoms with E-state index in [0.29, 0.717) is 0 Å². The summed E-state index contributed by atoms with van der Waals surface area (Å²) in [6.45, 7) is 4.00. The van der Waals surface area contributed by atoms with E-state index in [4.69, 9.17) is 0 Å². The molecule has 0 N–H and O–H groups in total. The fraction of sp³-hybridized carbons (Fsp3) is 0.154. The molecule has 0 amide bonds. The van der Waals surface area contributed by atoms with E-state index < -0.39 is 0 Å². The third kappa shape index (κ3) is 4.01. The van der Waals surface area contributed by atoms with Crippen LogP contribution in [0.25, 0.3) is 0 Å². The summed E-state index contributed by atoms with van der Waals surface area (Å²) in [6, 6.07) is 9.92. The van der Waals surface area contributed by atoms with Gasteiger partial charge in [-0.1, -0.05) is 30.0 Å². The van der Waals surface area contributed by atoms with Gasteiger partial charge in [-0.3, -0.25) is 0 Å². The van der Waals surface area contributed by atoms with Crippen molar-refractivity contribution in [3.63, 3.8) is 0 Å². The smallest absolute Gasteiger partial charge is 0.0305 e. The van der Waals surface area contributed by atoms with Gasteiger partial charge in [-0.2, -0.15) is 0 Å². The van der Waals surface area contributed by atoms with E-state index in [2.05, 4.69) is 17.6 Å². The van der Waals surface area contributed by atoms with Crippen molar-refractivity contribution < 1.29 is 0 Å². The number of rotatable bonds is 0. The van der Waals surface area contributed by atoms with Gasteiger partial charge in [0.1, 0.15) is 0 Å². The zero-order valence-corrected chi connectivity index (χ0v) is 7.96. The third-order valence-corrected chi connectivity index (χ3v) is 1.42. The van der Waals surface area contributed by atoms with E-state index in [1.807, 2.05) is 44.2 Å². The molecule has 0 fully saturated rings. The highest BCUT2D eigenvalue weighted by Crippen LogP contribution is 1.94. The molecular weight excluding hydrogens is 156 g/mol. The van der Waals surface area contributed by atoms with Crippen molar-refractivity contribution in [2.45, 2.75) is 13.8 Å². The topological polar surface area (TPSA) is 0 Å². The predicted octanol–water partition coefficient (Wildman–Crippen LogP) is 3.16. The van der Waals surface area contributed by atoms with Crippen LogP contribution in [0, 0.1) is 11.8 Å². The highest BCUT2D eigenvalue weighted by atomic mass is 13.8. The highest BCUT2D eigenvalue weighted by molar-refractivity contribution is 5.36. The van der Waals surface area contributed by atoms with Crippen LogP contribution in [0.4, 0.5) is 0 Å². The van der Waals surface area contributed by atoms with Gasteiger partial charge in [0.2, 0.25) is 0 Å². The first-order valence-electron chi connectivity index (χ1n) is 4.24. The average Bonchev–Trinajstić information content (AvgIpc) is 2.14. The summed E-state index contributed by atoms with van der Waals surface area (Å²) in [5, 5.41) is 0. The van der Waals surface area contributed by atoms with Crippen LogP contribution in [0.15, 0.2) is 47.7 Å². The van der Waals surface area contributed by atoms with Crippen molar-refractivity contribution >= 4 is 0 Å². The molecule has 64 valence electrons. The average molecular weight is 168 g/mol. The first-order chi connectivity index (χ1) is 6.29. The van der Waals surface area contributed by atoms with Gasteiger partial charge in [0.25, 0.3) is 0 Å². The molecule has 0 heterocycles. The molecule has 1 rings (SSSR count). The summed E-state index contributed by atoms with van der Waals surface area (Å²) < 4.78 is 0. The van der Waals surface area contributed by atoms with Gasteiger partial charge in [0, 0.05) is 11.6 Å². The summed E-state index contributed by atoms with van der Waals surface area (Å²) in [5.74, 6) is 5.94. The molecule has 0 saturated heterocycles. The van der Waals surface area contributed by atoms with Crippen LogP contribution in [0.5, 0.6) is 0 Å². The van der Waals surface area contributed by atoms with Gasteiger partial charge in [0.15, 0.2) is 0 Å². The van der Waals surface area contributed by atoms with Crippen LogP contribution >= 0.6 is 0 Å². The zero-order valence-electron chi connectivity index (χ0n) is 7.96. The Morgan fingerprint density at radius 3 is 2.46 bits per heavy atom. The van der Waals surface area contributed by atoms with Crippen LogP contribution < -0.4 is 0 Å². The van der Waals surface area contributed by atoms with Crippen molar-refractivity contribution in [3.05, 3.63) is 53.3 Å². The van der Waals surface area contributed by atoms with Gasteiger partial charge < -0.3 is 0 Å². The molecule has 0 radical (unpaired) electrons. The second kappa shape index (κ2) is 5.04. The summed E-state index contributed by atoms with van der Waals surface area (Å²) in [5.41, 5.74) is 5.21. The standard InChI is InChI=1S/C13H12/c1-12(2)8-6-7-11-13-9-4-3-5-10-13/h3-6,9-10H,1-2H3. The summed E-state index contributed by atoms with van der Waals surface area (Å²) >= 11 is 0. The molecule has 0 aliphatic carbocycles. The molecule has 0 spiro atoms. The molecule has 0 aliphatic rings. The molecule has 0 atom stereocenters. The third-order valence-electron chi connectivity index (χ3n) is 1.42. The number of hydrogen-bond acceptors (Lipinski definition) is 0. The molecular formula is C13H12. The lowest BCUT2D eigenvalue weighted by atomic mass is 10.2. The summed E-state index contributed by atoms with van der Waals surface area (Å²) in [4.78, 5) is 0. The predicted molar refractivity (Wildman–Crippen MR) is 56.3 cm³/mol. The monoisotopic (exact) mass is 168 g/mol. The van der Waals surface area contributed by atoms with Crippen molar-refractivity contribution in [2.24, 2.45) is 0 Å². The van der Waals surface area contributed by atoms with E-state index in [1.54, 1.807) is 6.08 Å². The Balaban J connectivity index is 2.75. The van der Waals surface area contributed by atoms with Crippen LogP contribution in [0.3, 0.4) is 0 Å². The van der Waals surface area contributed by atoms with Crippen molar-refractivity contribution in [1.29, 1.82) is 0 Å². The molecule has 0 unspecified atom stereocenters. The fourth-order valence-electron chi connectivity index (χ4n) is 0.821. The lowest BCUT2D eigenvalue weighted by molar-refractivity contribution is 1.41. The first kappa shape index (κ1) is 9.39.